The van der Waals surface area contributed by atoms with Crippen LogP contribution < -0.4 is 5.32 Å². The Morgan fingerprint density at radius 3 is 2.78 bits per heavy atom. The summed E-state index contributed by atoms with van der Waals surface area (Å²) in [6.45, 7) is 4.09. The second-order valence-electron chi connectivity index (χ2n) is 3.85. The first-order chi connectivity index (χ1) is 8.76. The third kappa shape index (κ3) is 9.34. The predicted molar refractivity (Wildman–Crippen MR) is 78.8 cm³/mol. The fourth-order valence-corrected chi connectivity index (χ4v) is 1.50. The highest BCUT2D eigenvalue weighted by Gasteiger charge is 1.97. The molecule has 0 radical (unpaired) electrons. The molecule has 0 saturated carbocycles. The molecule has 0 aliphatic carbocycles. The van der Waals surface area contributed by atoms with Gasteiger partial charge in [-0.3, -0.25) is 0 Å². The zero-order valence-corrected chi connectivity index (χ0v) is 12.5. The topological polar surface area (TPSA) is 68.4 Å². The lowest BCUT2D eigenvalue weighted by molar-refractivity contribution is 0.283. The molecule has 0 rings (SSSR count). The van der Waals surface area contributed by atoms with Crippen LogP contribution in [0.3, 0.4) is 0 Å². The summed E-state index contributed by atoms with van der Waals surface area (Å²) < 4.78 is 0.846. The molecule has 18 heavy (non-hydrogen) atoms. The number of nitriles is 1. The molecule has 0 amide bonds. The van der Waals surface area contributed by atoms with E-state index >= 15 is 0 Å². The van der Waals surface area contributed by atoms with Gasteiger partial charge in [0.2, 0.25) is 0 Å². The van der Waals surface area contributed by atoms with Crippen molar-refractivity contribution in [1.82, 2.24) is 5.32 Å². The summed E-state index contributed by atoms with van der Waals surface area (Å²) in [5.41, 5.74) is 0.459. The van der Waals surface area contributed by atoms with Crippen LogP contribution in [0.1, 0.15) is 39.0 Å². The van der Waals surface area contributed by atoms with Crippen molar-refractivity contribution in [2.45, 2.75) is 39.0 Å². The van der Waals surface area contributed by atoms with Gasteiger partial charge in [-0.05, 0) is 38.6 Å². The summed E-state index contributed by atoms with van der Waals surface area (Å²) in [6, 6.07) is 2.07. The van der Waals surface area contributed by atoms with Gasteiger partial charge >= 0.3 is 0 Å². The van der Waals surface area contributed by atoms with Crippen molar-refractivity contribution in [3.8, 4) is 6.07 Å². The molecule has 0 saturated heterocycles. The molecule has 4 nitrogen and oxygen atoms in total. The van der Waals surface area contributed by atoms with E-state index in [-0.39, 0.29) is 6.61 Å². The van der Waals surface area contributed by atoms with Gasteiger partial charge in [0.15, 0.2) is 0 Å². The molecule has 102 valence electrons. The van der Waals surface area contributed by atoms with Crippen LogP contribution in [-0.2, 0) is 0 Å². The average molecular weight is 316 g/mol. The molecule has 0 aromatic carbocycles. The molecule has 0 atom stereocenters. The number of nitrogens with zero attached hydrogens (tertiary/aromatic N) is 2. The first-order valence-electron chi connectivity index (χ1n) is 6.39. The maximum atomic E-state index is 8.86. The molecule has 5 heteroatoms. The maximum Gasteiger partial charge on any atom is 0.150 e. The Morgan fingerprint density at radius 2 is 2.17 bits per heavy atom. The van der Waals surface area contributed by atoms with Crippen molar-refractivity contribution in [1.29, 1.82) is 5.26 Å². The van der Waals surface area contributed by atoms with Crippen molar-refractivity contribution in [3.05, 3.63) is 10.2 Å². The number of aliphatic hydroxyl groups excluding tert-OH is 1. The molecule has 0 bridgehead atoms. The van der Waals surface area contributed by atoms with Crippen LogP contribution in [0, 0.1) is 11.3 Å². The molecule has 0 aliphatic heterocycles. The quantitative estimate of drug-likeness (QED) is 0.370. The molecule has 0 spiro atoms. The van der Waals surface area contributed by atoms with E-state index in [1.165, 1.54) is 0 Å². The highest BCUT2D eigenvalue weighted by Crippen LogP contribution is 2.15. The summed E-state index contributed by atoms with van der Waals surface area (Å²) in [4.78, 5) is 4.13. The SMILES string of the molecule is CC/C(Br)=C(/C#N)N=CCCNCCCCCO. The Hall–Kier alpha value is -0.700. The molecule has 0 aliphatic rings. The van der Waals surface area contributed by atoms with E-state index in [2.05, 4.69) is 32.3 Å². The van der Waals surface area contributed by atoms with Gasteiger partial charge in [0.25, 0.3) is 0 Å². The third-order valence-electron chi connectivity index (χ3n) is 2.36. The predicted octanol–water partition coefficient (Wildman–Crippen LogP) is 2.74. The number of hydrogen-bond donors (Lipinski definition) is 2. The number of unbranched alkanes of at least 4 members (excludes halogenated alkanes) is 2. The number of allylic oxidation sites excluding steroid dienone is 2. The van der Waals surface area contributed by atoms with Crippen molar-refractivity contribution in [3.63, 3.8) is 0 Å². The van der Waals surface area contributed by atoms with Gasteiger partial charge in [0.1, 0.15) is 11.8 Å². The number of aliphatic imine (C=N–C) groups is 1. The summed E-state index contributed by atoms with van der Waals surface area (Å²) >= 11 is 3.33. The standard InChI is InChI=1S/C13H22BrN3O/c1-2-12(14)13(11-15)17-9-6-8-16-7-4-3-5-10-18/h9,16,18H,2-8,10H2,1H3/b13-12+,17-9?. The third-order valence-corrected chi connectivity index (χ3v) is 3.29. The number of rotatable bonds is 10. The van der Waals surface area contributed by atoms with Crippen molar-refractivity contribution < 1.29 is 5.11 Å². The second kappa shape index (κ2) is 12.7. The van der Waals surface area contributed by atoms with E-state index < -0.39 is 0 Å². The van der Waals surface area contributed by atoms with Crippen LogP contribution in [0.5, 0.6) is 0 Å². The zero-order chi connectivity index (χ0) is 13.6. The fourth-order valence-electron chi connectivity index (χ4n) is 1.31. The highest BCUT2D eigenvalue weighted by atomic mass is 79.9. The Labute approximate surface area is 118 Å². The van der Waals surface area contributed by atoms with Gasteiger partial charge in [-0.1, -0.05) is 22.9 Å². The largest absolute Gasteiger partial charge is 0.396 e. The Balaban J connectivity index is 3.63. The maximum absolute atomic E-state index is 8.86. The molecule has 0 fully saturated rings. The van der Waals surface area contributed by atoms with Crippen molar-refractivity contribution in [2.75, 3.05) is 19.7 Å². The minimum atomic E-state index is 0.280. The van der Waals surface area contributed by atoms with E-state index in [1.54, 1.807) is 6.21 Å². The normalized spacial score (nSPS) is 12.6. The lowest BCUT2D eigenvalue weighted by Crippen LogP contribution is -2.16. The van der Waals surface area contributed by atoms with Crippen LogP contribution in [0.15, 0.2) is 15.2 Å². The van der Waals surface area contributed by atoms with Gasteiger partial charge in [-0.2, -0.15) is 5.26 Å². The van der Waals surface area contributed by atoms with Gasteiger partial charge in [0.05, 0.1) is 0 Å². The molecular weight excluding hydrogens is 294 g/mol. The highest BCUT2D eigenvalue weighted by molar-refractivity contribution is 9.11. The summed E-state index contributed by atoms with van der Waals surface area (Å²) in [6.07, 6.45) is 6.39. The first-order valence-corrected chi connectivity index (χ1v) is 7.18. The average Bonchev–Trinajstić information content (AvgIpc) is 2.40. The lowest BCUT2D eigenvalue weighted by atomic mass is 10.2. The fraction of sp³-hybridized carbons (Fsp3) is 0.692. The molecule has 0 unspecified atom stereocenters. The second-order valence-corrected chi connectivity index (χ2v) is 4.81. The Bertz CT molecular complexity index is 308. The van der Waals surface area contributed by atoms with Crippen molar-refractivity contribution >= 4 is 22.1 Å². The van der Waals surface area contributed by atoms with E-state index in [4.69, 9.17) is 10.4 Å². The van der Waals surface area contributed by atoms with Crippen LogP contribution in [0.25, 0.3) is 0 Å². The minimum absolute atomic E-state index is 0.280. The molecule has 0 heterocycles. The van der Waals surface area contributed by atoms with E-state index in [1.807, 2.05) is 6.92 Å². The summed E-state index contributed by atoms with van der Waals surface area (Å²) in [5, 5.41) is 20.8. The number of aliphatic hydroxyl groups is 1. The van der Waals surface area contributed by atoms with Gasteiger partial charge in [-0.15, -0.1) is 0 Å². The smallest absolute Gasteiger partial charge is 0.150 e. The minimum Gasteiger partial charge on any atom is -0.396 e. The number of halogens is 1. The van der Waals surface area contributed by atoms with E-state index in [0.717, 1.165) is 49.7 Å². The Morgan fingerprint density at radius 1 is 1.39 bits per heavy atom. The van der Waals surface area contributed by atoms with Crippen LogP contribution in [0.2, 0.25) is 0 Å². The Kier molecular flexibility index (Phi) is 12.3. The van der Waals surface area contributed by atoms with E-state index in [9.17, 15) is 0 Å². The van der Waals surface area contributed by atoms with Crippen LogP contribution in [-0.4, -0.2) is 31.0 Å². The molecule has 2 N–H and O–H groups in total. The summed E-state index contributed by atoms with van der Waals surface area (Å²) in [5.74, 6) is 0. The van der Waals surface area contributed by atoms with E-state index in [0.29, 0.717) is 5.70 Å². The van der Waals surface area contributed by atoms with Gasteiger partial charge < -0.3 is 10.4 Å². The van der Waals surface area contributed by atoms with Gasteiger partial charge in [-0.25, -0.2) is 4.99 Å². The van der Waals surface area contributed by atoms with Crippen LogP contribution in [0.4, 0.5) is 0 Å². The monoisotopic (exact) mass is 315 g/mol. The lowest BCUT2D eigenvalue weighted by Gasteiger charge is -2.01. The molecule has 0 aromatic heterocycles. The van der Waals surface area contributed by atoms with Crippen molar-refractivity contribution in [2.24, 2.45) is 4.99 Å². The number of hydrogen-bond acceptors (Lipinski definition) is 4. The first kappa shape index (κ1) is 17.3. The molecular formula is C13H22BrN3O. The zero-order valence-electron chi connectivity index (χ0n) is 11.0. The van der Waals surface area contributed by atoms with Gasteiger partial charge in [0, 0.05) is 23.8 Å². The molecule has 0 aromatic rings. The van der Waals surface area contributed by atoms with Crippen LogP contribution >= 0.6 is 15.9 Å². The number of nitrogens with one attached hydrogen (secondary N) is 1. The summed E-state index contributed by atoms with van der Waals surface area (Å²) in [7, 11) is 0.